The van der Waals surface area contributed by atoms with Gasteiger partial charge in [0.2, 0.25) is 0 Å². The minimum Gasteiger partial charge on any atom is -0.346 e. The van der Waals surface area contributed by atoms with Gasteiger partial charge in [-0.25, -0.2) is 0 Å². The monoisotopic (exact) mass is 257 g/mol. The topological polar surface area (TPSA) is 0 Å². The van der Waals surface area contributed by atoms with Crippen LogP contribution in [0.5, 0.6) is 0 Å². The van der Waals surface area contributed by atoms with Crippen molar-refractivity contribution in [3.05, 3.63) is 13.8 Å². The Balaban J connectivity index is 0. The molecule has 0 aromatic heterocycles. The average molecular weight is 257 g/mol. The fourth-order valence-corrected chi connectivity index (χ4v) is 2.22. The van der Waals surface area contributed by atoms with E-state index in [4.69, 9.17) is 0 Å². The Morgan fingerprint density at radius 1 is 0.692 bits per heavy atom. The molecular formula is C12H24Y-2. The molecule has 4 unspecified atom stereocenters. The van der Waals surface area contributed by atoms with Crippen molar-refractivity contribution >= 4 is 0 Å². The zero-order chi connectivity index (χ0) is 9.89. The molecule has 1 heteroatoms. The van der Waals surface area contributed by atoms with E-state index in [0.29, 0.717) is 5.92 Å². The summed E-state index contributed by atoms with van der Waals surface area (Å²) in [6.45, 7) is 18.6. The van der Waals surface area contributed by atoms with E-state index in [-0.39, 0.29) is 32.7 Å². The standard InChI is InChI=1S/C10H19.C2H5.Y/c1-6-7(2)9(4)10(5)8(6)3;1-2;/h6-10H,1H2,2-5H3;1H2,2H3;/q2*-1;. The van der Waals surface area contributed by atoms with Crippen molar-refractivity contribution in [2.45, 2.75) is 34.6 Å². The van der Waals surface area contributed by atoms with Gasteiger partial charge in [0.15, 0.2) is 0 Å². The average Bonchev–Trinajstić information content (AvgIpc) is 2.27. The van der Waals surface area contributed by atoms with Crippen LogP contribution in [0, 0.1) is 43.4 Å². The molecule has 1 rings (SSSR count). The summed E-state index contributed by atoms with van der Waals surface area (Å²) in [6, 6.07) is 0. The van der Waals surface area contributed by atoms with E-state index in [2.05, 4.69) is 41.5 Å². The van der Waals surface area contributed by atoms with Crippen LogP contribution in [0.4, 0.5) is 0 Å². The maximum Gasteiger partial charge on any atom is 0 e. The van der Waals surface area contributed by atoms with Crippen molar-refractivity contribution in [2.24, 2.45) is 29.6 Å². The second kappa shape index (κ2) is 7.40. The molecule has 0 amide bonds. The van der Waals surface area contributed by atoms with Crippen LogP contribution in [-0.4, -0.2) is 0 Å². The first kappa shape index (κ1) is 16.5. The summed E-state index contributed by atoms with van der Waals surface area (Å²) < 4.78 is 0. The minimum atomic E-state index is 0. The molecule has 1 aliphatic carbocycles. The Kier molecular flexibility index (Phi) is 9.41. The zero-order valence-electron chi connectivity index (χ0n) is 9.88. The summed E-state index contributed by atoms with van der Waals surface area (Å²) in [5.74, 6) is 4.08. The minimum absolute atomic E-state index is 0. The molecule has 13 heavy (non-hydrogen) atoms. The Morgan fingerprint density at radius 2 is 0.923 bits per heavy atom. The van der Waals surface area contributed by atoms with Crippen molar-refractivity contribution in [3.63, 3.8) is 0 Å². The molecule has 0 saturated heterocycles. The second-order valence-electron chi connectivity index (χ2n) is 4.10. The van der Waals surface area contributed by atoms with Gasteiger partial charge < -0.3 is 13.8 Å². The van der Waals surface area contributed by atoms with Gasteiger partial charge in [0.1, 0.15) is 0 Å². The van der Waals surface area contributed by atoms with Crippen LogP contribution in [-0.2, 0) is 32.7 Å². The predicted molar refractivity (Wildman–Crippen MR) is 56.5 cm³/mol. The third-order valence-corrected chi connectivity index (χ3v) is 3.84. The van der Waals surface area contributed by atoms with E-state index < -0.39 is 0 Å². The SMILES string of the molecule is [CH2-]C.[CH2-]C1C(C)C(C)C(C)C1C.[Y]. The van der Waals surface area contributed by atoms with Crippen molar-refractivity contribution in [1.29, 1.82) is 0 Å². The molecule has 0 aromatic carbocycles. The molecule has 1 aliphatic rings. The summed E-state index contributed by atoms with van der Waals surface area (Å²) in [5.41, 5.74) is 0. The first-order valence-corrected chi connectivity index (χ1v) is 5.09. The summed E-state index contributed by atoms with van der Waals surface area (Å²) in [4.78, 5) is 0. The fourth-order valence-electron chi connectivity index (χ4n) is 2.22. The van der Waals surface area contributed by atoms with Crippen molar-refractivity contribution in [2.75, 3.05) is 0 Å². The van der Waals surface area contributed by atoms with Gasteiger partial charge in [-0.2, -0.15) is 12.8 Å². The second-order valence-corrected chi connectivity index (χ2v) is 4.10. The number of hydrogen-bond donors (Lipinski definition) is 0. The molecule has 1 radical (unpaired) electrons. The van der Waals surface area contributed by atoms with Gasteiger partial charge in [-0.1, -0.05) is 39.5 Å². The molecule has 77 valence electrons. The van der Waals surface area contributed by atoms with Crippen LogP contribution < -0.4 is 0 Å². The molecule has 0 N–H and O–H groups in total. The third-order valence-electron chi connectivity index (χ3n) is 3.84. The van der Waals surface area contributed by atoms with Gasteiger partial charge in [-0.05, 0) is 11.8 Å². The molecule has 0 aromatic rings. The van der Waals surface area contributed by atoms with Crippen molar-refractivity contribution in [1.82, 2.24) is 0 Å². The number of rotatable bonds is 0. The van der Waals surface area contributed by atoms with Crippen LogP contribution in [0.3, 0.4) is 0 Å². The smallest absolute Gasteiger partial charge is 0 e. The first-order chi connectivity index (χ1) is 5.55. The van der Waals surface area contributed by atoms with E-state index in [1.807, 2.05) is 0 Å². The Bertz CT molecular complexity index is 77.5. The van der Waals surface area contributed by atoms with E-state index >= 15 is 0 Å². The summed E-state index contributed by atoms with van der Waals surface area (Å²) in [6.07, 6.45) is 0. The van der Waals surface area contributed by atoms with Crippen LogP contribution in [0.15, 0.2) is 0 Å². The molecule has 1 fully saturated rings. The zero-order valence-corrected chi connectivity index (χ0v) is 12.7. The van der Waals surface area contributed by atoms with Crippen LogP contribution in [0.2, 0.25) is 0 Å². The molecule has 0 aliphatic heterocycles. The van der Waals surface area contributed by atoms with Crippen LogP contribution in [0.25, 0.3) is 0 Å². The third kappa shape index (κ3) is 3.63. The van der Waals surface area contributed by atoms with Gasteiger partial charge in [0, 0.05) is 32.7 Å². The van der Waals surface area contributed by atoms with E-state index in [1.54, 1.807) is 6.92 Å². The summed E-state index contributed by atoms with van der Waals surface area (Å²) in [7, 11) is 0. The van der Waals surface area contributed by atoms with Gasteiger partial charge in [-0.15, -0.1) is 0 Å². The molecule has 0 heterocycles. The first-order valence-electron chi connectivity index (χ1n) is 5.09. The molecule has 1 saturated carbocycles. The number of hydrogen-bond acceptors (Lipinski definition) is 0. The molecule has 0 bridgehead atoms. The van der Waals surface area contributed by atoms with Crippen molar-refractivity contribution < 1.29 is 32.7 Å². The Hall–Kier alpha value is 1.10. The molecule has 4 atom stereocenters. The van der Waals surface area contributed by atoms with Crippen LogP contribution in [0.1, 0.15) is 34.6 Å². The Morgan fingerprint density at radius 3 is 1.00 bits per heavy atom. The van der Waals surface area contributed by atoms with Crippen LogP contribution >= 0.6 is 0 Å². The largest absolute Gasteiger partial charge is 0.346 e. The summed E-state index contributed by atoms with van der Waals surface area (Å²) >= 11 is 0. The maximum absolute atomic E-state index is 4.20. The van der Waals surface area contributed by atoms with Gasteiger partial charge in [0.25, 0.3) is 0 Å². The van der Waals surface area contributed by atoms with Gasteiger partial charge >= 0.3 is 0 Å². The van der Waals surface area contributed by atoms with E-state index in [9.17, 15) is 0 Å². The summed E-state index contributed by atoms with van der Waals surface area (Å²) in [5, 5.41) is 0. The van der Waals surface area contributed by atoms with Crippen molar-refractivity contribution in [3.8, 4) is 0 Å². The van der Waals surface area contributed by atoms with E-state index in [1.165, 1.54) is 0 Å². The normalized spacial score (nSPS) is 43.2. The molecular weight excluding hydrogens is 233 g/mol. The molecule has 0 spiro atoms. The molecule has 0 nitrogen and oxygen atoms in total. The van der Waals surface area contributed by atoms with Gasteiger partial charge in [-0.3, -0.25) is 0 Å². The predicted octanol–water partition coefficient (Wildman–Crippen LogP) is 3.83. The fraction of sp³-hybridized carbons (Fsp3) is 0.833. The quantitative estimate of drug-likeness (QED) is 0.578. The maximum atomic E-state index is 4.20. The Labute approximate surface area is 110 Å². The van der Waals surface area contributed by atoms with E-state index in [0.717, 1.165) is 23.7 Å². The van der Waals surface area contributed by atoms with Gasteiger partial charge in [0.05, 0.1) is 0 Å².